The van der Waals surface area contributed by atoms with Crippen molar-refractivity contribution in [2.24, 2.45) is 0 Å². The second kappa shape index (κ2) is 9.65. The van der Waals surface area contributed by atoms with E-state index in [4.69, 9.17) is 9.72 Å². The molecular weight excluding hydrogens is 338 g/mol. The summed E-state index contributed by atoms with van der Waals surface area (Å²) in [5.41, 5.74) is 1.95. The van der Waals surface area contributed by atoms with Crippen molar-refractivity contribution in [1.29, 1.82) is 0 Å². The van der Waals surface area contributed by atoms with Crippen LogP contribution in [0.15, 0.2) is 36.4 Å². The van der Waals surface area contributed by atoms with Crippen LogP contribution in [0.4, 0.5) is 0 Å². The van der Waals surface area contributed by atoms with Crippen LogP contribution in [0.5, 0.6) is 0 Å². The maximum Gasteiger partial charge on any atom is 0.306 e. The van der Waals surface area contributed by atoms with Gasteiger partial charge in [0.05, 0.1) is 5.69 Å². The minimum atomic E-state index is -0.796. The molecule has 2 aromatic rings. The normalized spacial score (nSPS) is 18.7. The minimum Gasteiger partial charge on any atom is -0.459 e. The molecule has 3 rings (SSSR count). The highest BCUT2D eigenvalue weighted by atomic mass is 16.6. The van der Waals surface area contributed by atoms with Crippen LogP contribution < -0.4 is 0 Å². The van der Waals surface area contributed by atoms with Crippen LogP contribution in [-0.4, -0.2) is 28.3 Å². The molecule has 1 saturated heterocycles. The largest absolute Gasteiger partial charge is 0.459 e. The molecule has 1 aromatic carbocycles. The van der Waals surface area contributed by atoms with E-state index in [1.807, 2.05) is 18.2 Å². The van der Waals surface area contributed by atoms with Crippen LogP contribution in [0.2, 0.25) is 0 Å². The number of esters is 1. The third-order valence-corrected chi connectivity index (χ3v) is 5.10. The average Bonchev–Trinajstić information content (AvgIpc) is 2.69. The van der Waals surface area contributed by atoms with E-state index in [0.29, 0.717) is 12.8 Å². The predicted molar refractivity (Wildman–Crippen MR) is 108 cm³/mol. The van der Waals surface area contributed by atoms with E-state index >= 15 is 0 Å². The Morgan fingerprint density at radius 1 is 1.30 bits per heavy atom. The summed E-state index contributed by atoms with van der Waals surface area (Å²) in [6.45, 7) is 2.22. The molecular formula is C23H29NO3. The summed E-state index contributed by atoms with van der Waals surface area (Å²) >= 11 is 0. The fourth-order valence-electron chi connectivity index (χ4n) is 3.58. The number of fused-ring (bicyclic) bond motifs is 1. The van der Waals surface area contributed by atoms with Gasteiger partial charge in [-0.1, -0.05) is 56.5 Å². The summed E-state index contributed by atoms with van der Waals surface area (Å²) < 4.78 is 5.25. The molecule has 4 heteroatoms. The van der Waals surface area contributed by atoms with Crippen molar-refractivity contribution in [1.82, 2.24) is 4.98 Å². The van der Waals surface area contributed by atoms with E-state index in [1.54, 1.807) is 6.08 Å². The number of aliphatic hydroxyl groups excluding tert-OH is 1. The van der Waals surface area contributed by atoms with Crippen LogP contribution in [-0.2, 0) is 16.0 Å². The number of carbonyl (C=O) groups is 1. The number of rotatable bonds is 8. The molecule has 27 heavy (non-hydrogen) atoms. The molecule has 0 spiro atoms. The summed E-state index contributed by atoms with van der Waals surface area (Å²) in [4.78, 5) is 16.2. The second-order valence-electron chi connectivity index (χ2n) is 7.30. The van der Waals surface area contributed by atoms with Gasteiger partial charge < -0.3 is 9.84 Å². The number of aliphatic hydroxyl groups is 1. The van der Waals surface area contributed by atoms with Gasteiger partial charge in [-0.2, -0.15) is 0 Å². The molecule has 1 fully saturated rings. The molecule has 0 bridgehead atoms. The van der Waals surface area contributed by atoms with Gasteiger partial charge in [-0.3, -0.25) is 9.78 Å². The van der Waals surface area contributed by atoms with Crippen molar-refractivity contribution in [2.45, 2.75) is 70.5 Å². The highest BCUT2D eigenvalue weighted by Crippen LogP contribution is 2.22. The summed E-state index contributed by atoms with van der Waals surface area (Å²) in [6.07, 6.45) is 10.0. The van der Waals surface area contributed by atoms with E-state index in [-0.39, 0.29) is 5.97 Å². The Bertz CT molecular complexity index is 799. The summed E-state index contributed by atoms with van der Waals surface area (Å²) in [5.74, 6) is -0.225. The first-order valence-corrected chi connectivity index (χ1v) is 10.1. The van der Waals surface area contributed by atoms with Crippen molar-refractivity contribution in [2.75, 3.05) is 0 Å². The van der Waals surface area contributed by atoms with Crippen molar-refractivity contribution in [3.05, 3.63) is 47.8 Å². The lowest BCUT2D eigenvalue weighted by molar-refractivity contribution is -0.158. The zero-order chi connectivity index (χ0) is 19.1. The number of aromatic nitrogens is 1. The number of pyridine rings is 1. The Labute approximate surface area is 161 Å². The van der Waals surface area contributed by atoms with E-state index in [0.717, 1.165) is 36.0 Å². The molecule has 144 valence electrons. The molecule has 2 atom stereocenters. The van der Waals surface area contributed by atoms with Crippen molar-refractivity contribution < 1.29 is 14.6 Å². The molecule has 4 nitrogen and oxygen atoms in total. The first kappa shape index (κ1) is 19.6. The number of ether oxygens (including phenoxy) is 1. The third kappa shape index (κ3) is 5.39. The predicted octanol–water partition coefficient (Wildman–Crippen LogP) is 4.83. The zero-order valence-corrected chi connectivity index (χ0v) is 16.1. The molecule has 0 saturated carbocycles. The number of nitrogens with zero attached hydrogens (tertiary/aromatic N) is 1. The van der Waals surface area contributed by atoms with Crippen LogP contribution in [0.3, 0.4) is 0 Å². The fourth-order valence-corrected chi connectivity index (χ4v) is 3.58. The average molecular weight is 367 g/mol. The number of carbonyl (C=O) groups excluding carboxylic acids is 1. The molecule has 0 aliphatic carbocycles. The first-order valence-electron chi connectivity index (χ1n) is 10.1. The van der Waals surface area contributed by atoms with Gasteiger partial charge in [-0.25, -0.2) is 0 Å². The third-order valence-electron chi connectivity index (χ3n) is 5.10. The van der Waals surface area contributed by atoms with Crippen LogP contribution in [0.1, 0.15) is 63.3 Å². The maximum atomic E-state index is 11.4. The van der Waals surface area contributed by atoms with Crippen molar-refractivity contribution >= 4 is 22.8 Å². The Morgan fingerprint density at radius 3 is 2.96 bits per heavy atom. The number of aryl methyl sites for hydroxylation is 1. The monoisotopic (exact) mass is 367 g/mol. The number of benzene rings is 1. The molecule has 1 aromatic heterocycles. The van der Waals surface area contributed by atoms with Crippen LogP contribution >= 0.6 is 0 Å². The lowest BCUT2D eigenvalue weighted by Gasteiger charge is -2.24. The van der Waals surface area contributed by atoms with Gasteiger partial charge in [0.25, 0.3) is 0 Å². The molecule has 0 amide bonds. The quantitative estimate of drug-likeness (QED) is 0.536. The number of unbranched alkanes of at least 4 members (excludes halogenated alkanes) is 3. The van der Waals surface area contributed by atoms with E-state index in [2.05, 4.69) is 25.1 Å². The standard InChI is InChI=1S/C23H29NO3/c1-2-3-4-5-11-20-19-10-7-6-9-17(19)16-18(24-20)14-15-21(25)22-12-8-13-23(26)27-22/h6-7,9-10,14-16,21-22,25H,2-5,8,11-13H2,1H3/b15-14+. The highest BCUT2D eigenvalue weighted by molar-refractivity contribution is 5.86. The number of hydrogen-bond donors (Lipinski definition) is 1. The van der Waals surface area contributed by atoms with Gasteiger partial charge in [0.2, 0.25) is 0 Å². The van der Waals surface area contributed by atoms with E-state index in [9.17, 15) is 9.90 Å². The van der Waals surface area contributed by atoms with Gasteiger partial charge in [-0.05, 0) is 43.2 Å². The van der Waals surface area contributed by atoms with Crippen LogP contribution in [0.25, 0.3) is 16.8 Å². The summed E-state index contributed by atoms with van der Waals surface area (Å²) in [5, 5.41) is 12.7. The topological polar surface area (TPSA) is 59.4 Å². The molecule has 2 unspecified atom stereocenters. The molecule has 1 N–H and O–H groups in total. The molecule has 1 aliphatic heterocycles. The smallest absolute Gasteiger partial charge is 0.306 e. The Balaban J connectivity index is 1.76. The molecule has 0 radical (unpaired) electrons. The fraction of sp³-hybridized carbons (Fsp3) is 0.478. The van der Waals surface area contributed by atoms with Gasteiger partial charge in [0, 0.05) is 17.5 Å². The lowest BCUT2D eigenvalue weighted by atomic mass is 10.0. The Kier molecular flexibility index (Phi) is 6.99. The van der Waals surface area contributed by atoms with Crippen molar-refractivity contribution in [3.63, 3.8) is 0 Å². The van der Waals surface area contributed by atoms with Gasteiger partial charge >= 0.3 is 5.97 Å². The molecule has 2 heterocycles. The first-order chi connectivity index (χ1) is 13.2. The SMILES string of the molecule is CCCCCCc1nc(/C=C/C(O)C2CCCC(=O)O2)cc2ccccc12. The van der Waals surface area contributed by atoms with Crippen molar-refractivity contribution in [3.8, 4) is 0 Å². The minimum absolute atomic E-state index is 0.225. The van der Waals surface area contributed by atoms with E-state index < -0.39 is 12.2 Å². The zero-order valence-electron chi connectivity index (χ0n) is 16.1. The van der Waals surface area contributed by atoms with Crippen LogP contribution in [0, 0.1) is 0 Å². The molecule has 1 aliphatic rings. The van der Waals surface area contributed by atoms with E-state index in [1.165, 1.54) is 24.6 Å². The van der Waals surface area contributed by atoms with Gasteiger partial charge in [0.1, 0.15) is 12.2 Å². The summed E-state index contributed by atoms with van der Waals surface area (Å²) in [7, 11) is 0. The number of hydrogen-bond acceptors (Lipinski definition) is 4. The number of cyclic esters (lactones) is 1. The van der Waals surface area contributed by atoms with Gasteiger partial charge in [-0.15, -0.1) is 0 Å². The second-order valence-corrected chi connectivity index (χ2v) is 7.30. The summed E-state index contributed by atoms with van der Waals surface area (Å²) in [6, 6.07) is 10.4. The van der Waals surface area contributed by atoms with Gasteiger partial charge in [0.15, 0.2) is 0 Å². The lowest BCUT2D eigenvalue weighted by Crippen LogP contribution is -2.33. The Morgan fingerprint density at radius 2 is 2.15 bits per heavy atom. The Hall–Kier alpha value is -2.20. The maximum absolute atomic E-state index is 11.4. The highest BCUT2D eigenvalue weighted by Gasteiger charge is 2.25.